The van der Waals surface area contributed by atoms with Gasteiger partial charge in [0.25, 0.3) is 5.91 Å². The van der Waals surface area contributed by atoms with Gasteiger partial charge in [-0.3, -0.25) is 4.79 Å². The lowest BCUT2D eigenvalue weighted by Gasteiger charge is -2.09. The van der Waals surface area contributed by atoms with Crippen molar-refractivity contribution in [1.29, 1.82) is 0 Å². The summed E-state index contributed by atoms with van der Waals surface area (Å²) in [6.07, 6.45) is 0. The molecule has 0 saturated carbocycles. The number of carbonyl (C=O) groups excluding carboxylic acids is 1. The summed E-state index contributed by atoms with van der Waals surface area (Å²) >= 11 is 5.73. The SMILES string of the molecule is Cc1cccc(C(=O)Nc2ccc(CCl)cc2)c1C. The van der Waals surface area contributed by atoms with Gasteiger partial charge in [-0.05, 0) is 48.7 Å². The van der Waals surface area contributed by atoms with Gasteiger partial charge in [-0.25, -0.2) is 0 Å². The van der Waals surface area contributed by atoms with Gasteiger partial charge in [-0.15, -0.1) is 11.6 Å². The summed E-state index contributed by atoms with van der Waals surface area (Å²) < 4.78 is 0. The van der Waals surface area contributed by atoms with Crippen molar-refractivity contribution >= 4 is 23.2 Å². The van der Waals surface area contributed by atoms with Crippen molar-refractivity contribution in [2.75, 3.05) is 5.32 Å². The third-order valence-electron chi connectivity index (χ3n) is 3.22. The Hall–Kier alpha value is -1.80. The van der Waals surface area contributed by atoms with Crippen LogP contribution < -0.4 is 5.32 Å². The molecule has 2 rings (SSSR count). The molecule has 0 bridgehead atoms. The number of aryl methyl sites for hydroxylation is 1. The highest BCUT2D eigenvalue weighted by atomic mass is 35.5. The third kappa shape index (κ3) is 3.15. The van der Waals surface area contributed by atoms with Crippen molar-refractivity contribution in [2.24, 2.45) is 0 Å². The van der Waals surface area contributed by atoms with Gasteiger partial charge in [0, 0.05) is 17.1 Å². The highest BCUT2D eigenvalue weighted by Gasteiger charge is 2.10. The molecule has 0 atom stereocenters. The Kier molecular flexibility index (Phi) is 4.23. The highest BCUT2D eigenvalue weighted by Crippen LogP contribution is 2.16. The smallest absolute Gasteiger partial charge is 0.255 e. The van der Waals surface area contributed by atoms with E-state index < -0.39 is 0 Å². The second kappa shape index (κ2) is 5.89. The maximum absolute atomic E-state index is 12.2. The first-order valence-corrected chi connectivity index (χ1v) is 6.67. The normalized spacial score (nSPS) is 10.3. The van der Waals surface area contributed by atoms with Gasteiger partial charge in [0.2, 0.25) is 0 Å². The summed E-state index contributed by atoms with van der Waals surface area (Å²) in [5.41, 5.74) is 4.65. The topological polar surface area (TPSA) is 29.1 Å². The number of amides is 1. The fourth-order valence-electron chi connectivity index (χ4n) is 1.87. The number of nitrogens with one attached hydrogen (secondary N) is 1. The van der Waals surface area contributed by atoms with Crippen molar-refractivity contribution in [3.8, 4) is 0 Å². The molecule has 0 aliphatic rings. The predicted octanol–water partition coefficient (Wildman–Crippen LogP) is 4.29. The van der Waals surface area contributed by atoms with Crippen LogP contribution in [0.25, 0.3) is 0 Å². The zero-order valence-corrected chi connectivity index (χ0v) is 11.8. The maximum Gasteiger partial charge on any atom is 0.255 e. The summed E-state index contributed by atoms with van der Waals surface area (Å²) in [6.45, 7) is 3.96. The molecule has 1 amide bonds. The van der Waals surface area contributed by atoms with E-state index in [4.69, 9.17) is 11.6 Å². The minimum Gasteiger partial charge on any atom is -0.322 e. The molecule has 98 valence electrons. The maximum atomic E-state index is 12.2. The van der Waals surface area contributed by atoms with Gasteiger partial charge in [0.1, 0.15) is 0 Å². The average Bonchev–Trinajstić information content (AvgIpc) is 2.42. The zero-order valence-electron chi connectivity index (χ0n) is 11.0. The van der Waals surface area contributed by atoms with Gasteiger partial charge in [0.05, 0.1) is 0 Å². The first-order chi connectivity index (χ1) is 9.11. The second-order valence-corrected chi connectivity index (χ2v) is 4.80. The van der Waals surface area contributed by atoms with Crippen LogP contribution in [0.2, 0.25) is 0 Å². The van der Waals surface area contributed by atoms with Crippen molar-refractivity contribution in [1.82, 2.24) is 0 Å². The number of rotatable bonds is 3. The predicted molar refractivity (Wildman–Crippen MR) is 79.9 cm³/mol. The third-order valence-corrected chi connectivity index (χ3v) is 3.52. The van der Waals surface area contributed by atoms with E-state index in [0.717, 1.165) is 22.4 Å². The van der Waals surface area contributed by atoms with Crippen molar-refractivity contribution < 1.29 is 4.79 Å². The number of benzene rings is 2. The Labute approximate surface area is 118 Å². The number of carbonyl (C=O) groups is 1. The van der Waals surface area contributed by atoms with Crippen LogP contribution in [-0.4, -0.2) is 5.91 Å². The van der Waals surface area contributed by atoms with Crippen molar-refractivity contribution in [2.45, 2.75) is 19.7 Å². The number of anilines is 1. The first kappa shape index (κ1) is 13.6. The number of alkyl halides is 1. The zero-order chi connectivity index (χ0) is 13.8. The average molecular weight is 274 g/mol. The van der Waals surface area contributed by atoms with E-state index >= 15 is 0 Å². The first-order valence-electron chi connectivity index (χ1n) is 6.14. The summed E-state index contributed by atoms with van der Waals surface area (Å²) in [5.74, 6) is 0.394. The van der Waals surface area contributed by atoms with Crippen LogP contribution in [-0.2, 0) is 5.88 Å². The van der Waals surface area contributed by atoms with E-state index in [-0.39, 0.29) is 5.91 Å². The van der Waals surface area contributed by atoms with Crippen LogP contribution >= 0.6 is 11.6 Å². The molecule has 2 nitrogen and oxygen atoms in total. The molecule has 0 unspecified atom stereocenters. The standard InChI is InChI=1S/C16H16ClNO/c1-11-4-3-5-15(12(11)2)16(19)18-14-8-6-13(10-17)7-9-14/h3-9H,10H2,1-2H3,(H,18,19). The van der Waals surface area contributed by atoms with Gasteiger partial charge in [-0.1, -0.05) is 24.3 Å². The van der Waals surface area contributed by atoms with Crippen LogP contribution in [0.1, 0.15) is 27.0 Å². The molecule has 2 aromatic rings. The number of hydrogen-bond acceptors (Lipinski definition) is 1. The van der Waals surface area contributed by atoms with Gasteiger partial charge >= 0.3 is 0 Å². The Morgan fingerprint density at radius 1 is 1.11 bits per heavy atom. The van der Waals surface area contributed by atoms with E-state index in [2.05, 4.69) is 5.32 Å². The molecule has 0 aromatic heterocycles. The lowest BCUT2D eigenvalue weighted by atomic mass is 10.0. The molecule has 0 saturated heterocycles. The van der Waals surface area contributed by atoms with E-state index in [9.17, 15) is 4.79 Å². The van der Waals surface area contributed by atoms with E-state index in [1.54, 1.807) is 0 Å². The molecule has 0 aliphatic heterocycles. The van der Waals surface area contributed by atoms with Gasteiger partial charge in [0.15, 0.2) is 0 Å². The molecule has 19 heavy (non-hydrogen) atoms. The van der Waals surface area contributed by atoms with E-state index in [0.29, 0.717) is 11.4 Å². The highest BCUT2D eigenvalue weighted by molar-refractivity contribution is 6.17. The Morgan fingerprint density at radius 3 is 2.42 bits per heavy atom. The fourth-order valence-corrected chi connectivity index (χ4v) is 2.05. The van der Waals surface area contributed by atoms with Gasteiger partial charge < -0.3 is 5.32 Å². The second-order valence-electron chi connectivity index (χ2n) is 4.53. The van der Waals surface area contributed by atoms with Crippen molar-refractivity contribution in [3.63, 3.8) is 0 Å². The van der Waals surface area contributed by atoms with Crippen LogP contribution in [0.15, 0.2) is 42.5 Å². The molecule has 0 radical (unpaired) electrons. The molecule has 3 heteroatoms. The molecule has 0 heterocycles. The summed E-state index contributed by atoms with van der Waals surface area (Å²) in [4.78, 5) is 12.2. The fraction of sp³-hybridized carbons (Fsp3) is 0.188. The molecule has 0 fully saturated rings. The summed E-state index contributed by atoms with van der Waals surface area (Å²) in [7, 11) is 0. The van der Waals surface area contributed by atoms with Crippen LogP contribution in [0.4, 0.5) is 5.69 Å². The Balaban J connectivity index is 2.18. The van der Waals surface area contributed by atoms with Crippen LogP contribution in [0.5, 0.6) is 0 Å². The quantitative estimate of drug-likeness (QED) is 0.830. The largest absolute Gasteiger partial charge is 0.322 e. The molecule has 2 aromatic carbocycles. The Bertz CT molecular complexity index is 590. The molecular weight excluding hydrogens is 258 g/mol. The minimum absolute atomic E-state index is 0.0835. The minimum atomic E-state index is -0.0835. The van der Waals surface area contributed by atoms with Crippen molar-refractivity contribution in [3.05, 3.63) is 64.7 Å². The Morgan fingerprint density at radius 2 is 1.79 bits per heavy atom. The molecular formula is C16H16ClNO. The van der Waals surface area contributed by atoms with Crippen LogP contribution in [0.3, 0.4) is 0 Å². The van der Waals surface area contributed by atoms with Crippen LogP contribution in [0, 0.1) is 13.8 Å². The summed E-state index contributed by atoms with van der Waals surface area (Å²) in [6, 6.07) is 13.3. The molecule has 0 spiro atoms. The van der Waals surface area contributed by atoms with E-state index in [1.807, 2.05) is 56.3 Å². The monoisotopic (exact) mass is 273 g/mol. The number of hydrogen-bond donors (Lipinski definition) is 1. The molecule has 0 aliphatic carbocycles. The summed E-state index contributed by atoms with van der Waals surface area (Å²) in [5, 5.41) is 2.90. The van der Waals surface area contributed by atoms with Gasteiger partial charge in [-0.2, -0.15) is 0 Å². The van der Waals surface area contributed by atoms with E-state index in [1.165, 1.54) is 0 Å². The lowest BCUT2D eigenvalue weighted by molar-refractivity contribution is 0.102. The molecule has 1 N–H and O–H groups in total. The lowest BCUT2D eigenvalue weighted by Crippen LogP contribution is -2.13. The number of halogens is 1.